The lowest BCUT2D eigenvalue weighted by atomic mass is 10.8. The van der Waals surface area contributed by atoms with Crippen LogP contribution < -0.4 is 0 Å². The molecule has 0 spiro atoms. The third kappa shape index (κ3) is 2.34. The maximum absolute atomic E-state index is 11.2. The van der Waals surface area contributed by atoms with Crippen LogP contribution in [0.1, 0.15) is 6.92 Å². The highest BCUT2D eigenvalue weighted by atomic mass is 79.9. The summed E-state index contributed by atoms with van der Waals surface area (Å²) in [4.78, 5) is 3.86. The minimum Gasteiger partial charge on any atom is -0.232 e. The first-order valence-electron chi connectivity index (χ1n) is 3.34. The molecule has 0 aromatic rings. The summed E-state index contributed by atoms with van der Waals surface area (Å²) in [7, 11) is -3.19. The van der Waals surface area contributed by atoms with Crippen LogP contribution in [0.25, 0.3) is 0 Å². The van der Waals surface area contributed by atoms with Gasteiger partial charge < -0.3 is 0 Å². The zero-order valence-corrected chi connectivity index (χ0v) is 9.67. The molecule has 6 heteroatoms. The summed E-state index contributed by atoms with van der Waals surface area (Å²) in [5.74, 6) is 1.36. The van der Waals surface area contributed by atoms with Gasteiger partial charge in [-0.3, -0.25) is 0 Å². The summed E-state index contributed by atoms with van der Waals surface area (Å²) < 4.78 is 22.9. The van der Waals surface area contributed by atoms with Crippen LogP contribution in [0.4, 0.5) is 0 Å². The highest BCUT2D eigenvalue weighted by Crippen LogP contribution is 2.21. The molecule has 0 N–H and O–H groups in total. The van der Waals surface area contributed by atoms with E-state index in [0.29, 0.717) is 10.4 Å². The van der Waals surface area contributed by atoms with Crippen molar-refractivity contribution < 1.29 is 8.42 Å². The van der Waals surface area contributed by atoms with E-state index in [1.165, 1.54) is 0 Å². The summed E-state index contributed by atoms with van der Waals surface area (Å²) in [5.41, 5.74) is 0. The average molecular weight is 270 g/mol. The van der Waals surface area contributed by atoms with Crippen LogP contribution in [0.3, 0.4) is 0 Å². The van der Waals surface area contributed by atoms with Crippen molar-refractivity contribution in [2.75, 3.05) is 11.5 Å². The van der Waals surface area contributed by atoms with E-state index < -0.39 is 9.84 Å². The number of halogens is 1. The van der Waals surface area contributed by atoms with Gasteiger partial charge in [-0.15, -0.1) is 0 Å². The number of rotatable bonds is 3. The number of sulfone groups is 1. The van der Waals surface area contributed by atoms with E-state index in [-0.39, 0.29) is 5.04 Å². The normalized spacial score (nSPS) is 20.5. The molecular formula is C6H8BrNO2S2. The number of aliphatic imine (C=N–C) groups is 1. The van der Waals surface area contributed by atoms with Gasteiger partial charge in [0.2, 0.25) is 9.84 Å². The fraction of sp³-hybridized carbons (Fsp3) is 0.500. The zero-order chi connectivity index (χ0) is 9.19. The van der Waals surface area contributed by atoms with E-state index in [0.717, 1.165) is 11.2 Å². The van der Waals surface area contributed by atoms with E-state index in [4.69, 9.17) is 0 Å². The molecular weight excluding hydrogens is 262 g/mol. The molecule has 12 heavy (non-hydrogen) atoms. The molecule has 0 fully saturated rings. The Kier molecular flexibility index (Phi) is 3.37. The molecule has 1 aliphatic rings. The smallest absolute Gasteiger partial charge is 0.216 e. The molecule has 0 radical (unpaired) electrons. The third-order valence-electron chi connectivity index (χ3n) is 1.24. The Bertz CT molecular complexity index is 331. The number of hydrogen-bond donors (Lipinski definition) is 0. The summed E-state index contributed by atoms with van der Waals surface area (Å²) in [5, 5.41) is 1.39. The lowest BCUT2D eigenvalue weighted by Crippen LogP contribution is -2.11. The van der Waals surface area contributed by atoms with Crippen molar-refractivity contribution in [1.29, 1.82) is 0 Å². The van der Waals surface area contributed by atoms with Gasteiger partial charge in [0.05, 0.1) is 5.41 Å². The van der Waals surface area contributed by atoms with Gasteiger partial charge >= 0.3 is 0 Å². The summed E-state index contributed by atoms with van der Waals surface area (Å²) in [6, 6.07) is 0. The molecule has 0 aromatic heterocycles. The Labute approximate surface area is 84.4 Å². The Hall–Kier alpha value is 0.190. The third-order valence-corrected chi connectivity index (χ3v) is 4.45. The van der Waals surface area contributed by atoms with Gasteiger partial charge in [0.1, 0.15) is 9.65 Å². The van der Waals surface area contributed by atoms with Crippen LogP contribution in [-0.4, -0.2) is 25.0 Å². The lowest BCUT2D eigenvalue weighted by Gasteiger charge is -1.96. The van der Waals surface area contributed by atoms with Crippen LogP contribution in [0, 0.1) is 0 Å². The minimum absolute atomic E-state index is 0.251. The summed E-state index contributed by atoms with van der Waals surface area (Å²) >= 11 is 4.58. The molecule has 1 aliphatic heterocycles. The first kappa shape index (κ1) is 10.3. The van der Waals surface area contributed by atoms with E-state index >= 15 is 0 Å². The summed E-state index contributed by atoms with van der Waals surface area (Å²) in [6.07, 6.45) is 0. The molecule has 0 aromatic carbocycles. The van der Waals surface area contributed by atoms with E-state index in [1.54, 1.807) is 11.8 Å². The van der Waals surface area contributed by atoms with Crippen molar-refractivity contribution in [1.82, 2.24) is 0 Å². The fourth-order valence-electron chi connectivity index (χ4n) is 0.709. The molecule has 1 heterocycles. The van der Waals surface area contributed by atoms with Gasteiger partial charge in [-0.05, 0) is 21.7 Å². The van der Waals surface area contributed by atoms with Gasteiger partial charge in [-0.1, -0.05) is 6.92 Å². The molecule has 3 nitrogen and oxygen atoms in total. The quantitative estimate of drug-likeness (QED) is 0.734. The van der Waals surface area contributed by atoms with Gasteiger partial charge in [0.15, 0.2) is 0 Å². The molecule has 0 bridgehead atoms. The predicted octanol–water partition coefficient (Wildman–Crippen LogP) is 1.76. The standard InChI is InChI=1S/C6H8BrNO2S2/c1-2-11-3-6-8-5(7)4-12(6,9)10/h4H,2-3H2,1H3. The Morgan fingerprint density at radius 2 is 2.33 bits per heavy atom. The van der Waals surface area contributed by atoms with Crippen molar-refractivity contribution >= 4 is 42.6 Å². The second-order valence-corrected chi connectivity index (χ2v) is 6.01. The maximum Gasteiger partial charge on any atom is 0.216 e. The highest BCUT2D eigenvalue weighted by Gasteiger charge is 2.23. The first-order valence-corrected chi connectivity index (χ1v) is 6.83. The molecule has 0 atom stereocenters. The van der Waals surface area contributed by atoms with Crippen molar-refractivity contribution in [3.05, 3.63) is 10.0 Å². The van der Waals surface area contributed by atoms with E-state index in [1.807, 2.05) is 6.92 Å². The van der Waals surface area contributed by atoms with Crippen LogP contribution in [0.2, 0.25) is 0 Å². The second-order valence-electron chi connectivity index (χ2n) is 2.13. The Morgan fingerprint density at radius 1 is 1.67 bits per heavy atom. The van der Waals surface area contributed by atoms with E-state index in [9.17, 15) is 8.42 Å². The van der Waals surface area contributed by atoms with Crippen molar-refractivity contribution in [3.63, 3.8) is 0 Å². The molecule has 0 amide bonds. The Balaban J connectivity index is 2.76. The molecule has 0 unspecified atom stereocenters. The van der Waals surface area contributed by atoms with Crippen molar-refractivity contribution in [3.8, 4) is 0 Å². The fourth-order valence-corrected chi connectivity index (χ4v) is 3.80. The second kappa shape index (κ2) is 3.93. The topological polar surface area (TPSA) is 46.5 Å². The summed E-state index contributed by atoms with van der Waals surface area (Å²) in [6.45, 7) is 1.98. The SMILES string of the molecule is CCSCC1=NC(Br)=CS1(=O)=O. The van der Waals surface area contributed by atoms with Crippen LogP contribution in [0.5, 0.6) is 0 Å². The van der Waals surface area contributed by atoms with Crippen molar-refractivity contribution in [2.24, 2.45) is 4.99 Å². The lowest BCUT2D eigenvalue weighted by molar-refractivity contribution is 0.615. The van der Waals surface area contributed by atoms with E-state index in [2.05, 4.69) is 20.9 Å². The van der Waals surface area contributed by atoms with Gasteiger partial charge in [0.25, 0.3) is 0 Å². The monoisotopic (exact) mass is 269 g/mol. The van der Waals surface area contributed by atoms with Gasteiger partial charge in [-0.25, -0.2) is 13.4 Å². The van der Waals surface area contributed by atoms with Crippen LogP contribution >= 0.6 is 27.7 Å². The predicted molar refractivity (Wildman–Crippen MR) is 56.4 cm³/mol. The molecule has 0 saturated heterocycles. The average Bonchev–Trinajstić information content (AvgIpc) is 2.20. The van der Waals surface area contributed by atoms with Gasteiger partial charge in [0, 0.05) is 5.75 Å². The largest absolute Gasteiger partial charge is 0.232 e. The molecule has 0 saturated carbocycles. The van der Waals surface area contributed by atoms with Crippen LogP contribution in [-0.2, 0) is 9.84 Å². The van der Waals surface area contributed by atoms with Gasteiger partial charge in [-0.2, -0.15) is 11.8 Å². The van der Waals surface area contributed by atoms with Crippen LogP contribution in [0.15, 0.2) is 15.0 Å². The maximum atomic E-state index is 11.2. The molecule has 68 valence electrons. The first-order chi connectivity index (χ1) is 5.56. The zero-order valence-electron chi connectivity index (χ0n) is 6.45. The molecule has 1 rings (SSSR count). The molecule has 0 aliphatic carbocycles. The Morgan fingerprint density at radius 3 is 2.75 bits per heavy atom. The number of hydrogen-bond acceptors (Lipinski definition) is 4. The highest BCUT2D eigenvalue weighted by molar-refractivity contribution is 9.11. The van der Waals surface area contributed by atoms with Crippen molar-refractivity contribution in [2.45, 2.75) is 6.92 Å². The minimum atomic E-state index is -3.19. The number of nitrogens with zero attached hydrogens (tertiary/aromatic N) is 1. The number of thioether (sulfide) groups is 1.